The van der Waals surface area contributed by atoms with Gasteiger partial charge in [0.15, 0.2) is 6.10 Å². The normalized spacial score (nSPS) is 33.5. The number of nitrogens with one attached hydrogen (secondary N) is 1. The van der Waals surface area contributed by atoms with Crippen LogP contribution in [0.5, 0.6) is 11.5 Å². The van der Waals surface area contributed by atoms with Crippen molar-refractivity contribution < 1.29 is 34.3 Å². The van der Waals surface area contributed by atoms with Crippen LogP contribution >= 0.6 is 31.9 Å². The molecule has 1 aromatic carbocycles. The largest absolute Gasteiger partial charge is 0.491 e. The minimum Gasteiger partial charge on any atom is -0.491 e. The number of nitroso groups, excluding NO2 is 1. The number of aromatic amines is 1. The summed E-state index contributed by atoms with van der Waals surface area (Å²) in [5.74, 6) is 7.67. The van der Waals surface area contributed by atoms with E-state index in [-0.39, 0.29) is 5.75 Å². The molecule has 5 rings (SSSR count). The van der Waals surface area contributed by atoms with E-state index in [9.17, 15) is 25.0 Å². The van der Waals surface area contributed by atoms with Crippen molar-refractivity contribution >= 4 is 48.7 Å². The lowest BCUT2D eigenvalue weighted by molar-refractivity contribution is -0.265. The van der Waals surface area contributed by atoms with Crippen molar-refractivity contribution in [3.63, 3.8) is 0 Å². The topological polar surface area (TPSA) is 151 Å². The number of aliphatic hydroxyl groups excluding tert-OH is 3. The van der Waals surface area contributed by atoms with E-state index in [1.807, 2.05) is 6.07 Å². The van der Waals surface area contributed by atoms with E-state index in [0.29, 0.717) is 45.5 Å². The van der Waals surface area contributed by atoms with Crippen LogP contribution in [0.25, 0.3) is 10.9 Å². The maximum Gasteiger partial charge on any atom is 0.317 e. The average molecular weight is 628 g/mol. The number of nitrogens with zero attached hydrogens (tertiary/aromatic N) is 1. The van der Waals surface area contributed by atoms with E-state index in [0.717, 1.165) is 30.2 Å². The van der Waals surface area contributed by atoms with Crippen molar-refractivity contribution in [3.8, 4) is 23.3 Å². The van der Waals surface area contributed by atoms with Crippen LogP contribution in [-0.2, 0) is 9.53 Å². The van der Waals surface area contributed by atoms with Crippen LogP contribution in [0, 0.1) is 34.5 Å². The summed E-state index contributed by atoms with van der Waals surface area (Å²) in [7, 11) is 0. The minimum absolute atomic E-state index is 0.234. The van der Waals surface area contributed by atoms with Crippen molar-refractivity contribution in [1.82, 2.24) is 4.98 Å². The molecule has 192 valence electrons. The average Bonchev–Trinajstić information content (AvgIpc) is 3.31. The molecule has 8 atom stereocenters. The number of benzene rings is 1. The van der Waals surface area contributed by atoms with E-state index in [2.05, 4.69) is 53.9 Å². The first-order valence-corrected chi connectivity index (χ1v) is 13.2. The van der Waals surface area contributed by atoms with Crippen molar-refractivity contribution in [1.29, 1.82) is 0 Å². The van der Waals surface area contributed by atoms with Crippen LogP contribution < -0.4 is 9.47 Å². The number of amides is 1. The van der Waals surface area contributed by atoms with Gasteiger partial charge in [-0.25, -0.2) is 0 Å². The Balaban J connectivity index is 1.35. The molecule has 0 bridgehead atoms. The Morgan fingerprint density at radius 3 is 2.50 bits per heavy atom. The fourth-order valence-corrected chi connectivity index (χ4v) is 6.73. The summed E-state index contributed by atoms with van der Waals surface area (Å²) in [5.41, 5.74) is 0.675. The zero-order chi connectivity index (χ0) is 25.6. The molecule has 12 heteroatoms. The molecule has 0 radical (unpaired) electrons. The number of aliphatic hydroxyl groups is 3. The van der Waals surface area contributed by atoms with Gasteiger partial charge in [0.05, 0.1) is 26.5 Å². The molecule has 2 aliphatic carbocycles. The highest BCUT2D eigenvalue weighted by Crippen LogP contribution is 2.53. The van der Waals surface area contributed by atoms with E-state index in [4.69, 9.17) is 14.2 Å². The SMILES string of the molecule is O=NC(=O)[C@H]1O[C@@H](Oc2c[nH]c3cc(Br)c(OC[C@@H]4[C@@H]5CCC#CCC[C@@H]54)c(Br)c23)[C@H](O)[C@@H](O)[C@@H]1O. The Kier molecular flexibility index (Phi) is 7.40. The van der Waals surface area contributed by atoms with E-state index in [1.54, 1.807) is 0 Å². The molecular formula is C24H24Br2N2O8. The summed E-state index contributed by atoms with van der Waals surface area (Å²) in [6, 6.07) is 1.82. The van der Waals surface area contributed by atoms with Gasteiger partial charge < -0.3 is 34.5 Å². The number of hydrogen-bond donors (Lipinski definition) is 4. The molecule has 0 unspecified atom stereocenters. The van der Waals surface area contributed by atoms with Crippen LogP contribution in [0.3, 0.4) is 0 Å². The van der Waals surface area contributed by atoms with E-state index >= 15 is 0 Å². The van der Waals surface area contributed by atoms with E-state index in [1.165, 1.54) is 6.20 Å². The molecule has 1 amide bonds. The molecule has 4 N–H and O–H groups in total. The molecule has 1 aromatic heterocycles. The smallest absolute Gasteiger partial charge is 0.317 e. The van der Waals surface area contributed by atoms with Gasteiger partial charge in [-0.1, -0.05) is 0 Å². The number of hydrogen-bond acceptors (Lipinski definition) is 8. The number of rotatable bonds is 6. The number of halogens is 2. The lowest BCUT2D eigenvalue weighted by atomic mass is 9.98. The van der Waals surface area contributed by atoms with Crippen LogP contribution in [0.2, 0.25) is 0 Å². The Hall–Kier alpha value is -2.01. The maximum atomic E-state index is 11.7. The molecule has 2 heterocycles. The number of H-pyrrole nitrogens is 1. The van der Waals surface area contributed by atoms with Gasteiger partial charge in [-0.15, -0.1) is 16.7 Å². The second kappa shape index (κ2) is 10.4. The Morgan fingerprint density at radius 2 is 1.83 bits per heavy atom. The van der Waals surface area contributed by atoms with Gasteiger partial charge in [-0.2, -0.15) is 0 Å². The molecule has 2 fully saturated rings. The number of aromatic nitrogens is 1. The van der Waals surface area contributed by atoms with Gasteiger partial charge in [0.1, 0.15) is 29.8 Å². The summed E-state index contributed by atoms with van der Waals surface area (Å²) in [6.45, 7) is 0.565. The highest BCUT2D eigenvalue weighted by Gasteiger charge is 2.50. The monoisotopic (exact) mass is 626 g/mol. The molecule has 1 saturated heterocycles. The lowest BCUT2D eigenvalue weighted by Crippen LogP contribution is -2.60. The van der Waals surface area contributed by atoms with Crippen LogP contribution in [-0.4, -0.2) is 63.5 Å². The van der Waals surface area contributed by atoms with Crippen molar-refractivity contribution in [2.45, 2.75) is 56.4 Å². The second-order valence-electron chi connectivity index (χ2n) is 9.25. The van der Waals surface area contributed by atoms with Gasteiger partial charge in [0.25, 0.3) is 0 Å². The quantitative estimate of drug-likeness (QED) is 0.282. The molecule has 10 nitrogen and oxygen atoms in total. The first-order chi connectivity index (χ1) is 17.3. The Labute approximate surface area is 222 Å². The Bertz CT molecular complexity index is 1220. The van der Waals surface area contributed by atoms with Gasteiger partial charge in [0, 0.05) is 24.2 Å². The standard InChI is InChI=1S/C24H24Br2N2O8/c25-13-7-14-16(17(26)21(13)34-9-12-10-5-3-1-2-4-6-11(10)12)15(8-27-14)35-24-20(31)18(29)19(30)22(36-24)23(32)28-33/h7-8,10-12,18-20,22,24,27,29-31H,3-6,9H2/t10-,11+,12-,18-,19-,20+,22-,24+/m0/s1. The van der Waals surface area contributed by atoms with Gasteiger partial charge in [-0.3, -0.25) is 4.79 Å². The summed E-state index contributed by atoms with van der Waals surface area (Å²) in [5, 5.41) is 33.4. The third kappa shape index (κ3) is 4.68. The molecule has 3 aliphatic rings. The number of carbonyl (C=O) groups excluding carboxylic acids is 1. The highest BCUT2D eigenvalue weighted by atomic mass is 79.9. The highest BCUT2D eigenvalue weighted by molar-refractivity contribution is 9.11. The predicted octanol–water partition coefficient (Wildman–Crippen LogP) is 2.99. The summed E-state index contributed by atoms with van der Waals surface area (Å²) in [4.78, 5) is 25.5. The van der Waals surface area contributed by atoms with Gasteiger partial charge in [0.2, 0.25) is 6.29 Å². The summed E-state index contributed by atoms with van der Waals surface area (Å²) >= 11 is 7.17. The van der Waals surface area contributed by atoms with Crippen molar-refractivity contribution in [2.75, 3.05) is 6.61 Å². The first kappa shape index (κ1) is 25.6. The first-order valence-electron chi connectivity index (χ1n) is 11.6. The molecule has 1 saturated carbocycles. The van der Waals surface area contributed by atoms with Crippen molar-refractivity contribution in [2.24, 2.45) is 22.9 Å². The fraction of sp³-hybridized carbons (Fsp3) is 0.542. The number of carbonyl (C=O) groups is 1. The summed E-state index contributed by atoms with van der Waals surface area (Å²) < 4.78 is 18.7. The third-order valence-corrected chi connectivity index (χ3v) is 8.53. The van der Waals surface area contributed by atoms with Crippen LogP contribution in [0.1, 0.15) is 25.7 Å². The maximum absolute atomic E-state index is 11.7. The number of fused-ring (bicyclic) bond motifs is 2. The van der Waals surface area contributed by atoms with Crippen LogP contribution in [0.4, 0.5) is 0 Å². The molecule has 0 spiro atoms. The zero-order valence-corrected chi connectivity index (χ0v) is 22.1. The number of ether oxygens (including phenoxy) is 3. The Morgan fingerprint density at radius 1 is 1.14 bits per heavy atom. The van der Waals surface area contributed by atoms with E-state index < -0.39 is 36.6 Å². The fourth-order valence-electron chi connectivity index (χ4n) is 5.18. The van der Waals surface area contributed by atoms with Crippen LogP contribution in [0.15, 0.2) is 26.4 Å². The van der Waals surface area contributed by atoms with Crippen molar-refractivity contribution in [3.05, 3.63) is 26.1 Å². The zero-order valence-electron chi connectivity index (χ0n) is 18.9. The predicted molar refractivity (Wildman–Crippen MR) is 134 cm³/mol. The molecule has 36 heavy (non-hydrogen) atoms. The van der Waals surface area contributed by atoms with Gasteiger partial charge in [-0.05, 0) is 68.5 Å². The summed E-state index contributed by atoms with van der Waals surface area (Å²) in [6.07, 6.45) is -3.07. The minimum atomic E-state index is -1.83. The third-order valence-electron chi connectivity index (χ3n) is 7.19. The van der Waals surface area contributed by atoms with Gasteiger partial charge >= 0.3 is 5.91 Å². The lowest BCUT2D eigenvalue weighted by Gasteiger charge is -2.38. The molecule has 2 aromatic rings. The molecular weight excluding hydrogens is 604 g/mol. The second-order valence-corrected chi connectivity index (χ2v) is 10.9. The molecule has 1 aliphatic heterocycles.